The normalized spacial score (nSPS) is 14.3. The minimum Gasteiger partial charge on any atom is -0.381 e. The zero-order chi connectivity index (χ0) is 13.3. The number of aryl methyl sites for hydroxylation is 1. The van der Waals surface area contributed by atoms with Crippen molar-refractivity contribution in [3.8, 4) is 0 Å². The van der Waals surface area contributed by atoms with Crippen LogP contribution in [0.5, 0.6) is 0 Å². The van der Waals surface area contributed by atoms with E-state index in [1.807, 2.05) is 0 Å². The highest BCUT2D eigenvalue weighted by molar-refractivity contribution is 6.30. The molecule has 0 aromatic heterocycles. The number of rotatable bonds is 2. The number of aliphatic hydroxyl groups is 1. The molecule has 0 aliphatic heterocycles. The highest BCUT2D eigenvalue weighted by atomic mass is 35.5. The fourth-order valence-electron chi connectivity index (χ4n) is 2.12. The van der Waals surface area contributed by atoms with Crippen molar-refractivity contribution in [2.45, 2.75) is 19.4 Å². The van der Waals surface area contributed by atoms with E-state index in [2.05, 4.69) is 0 Å². The smallest absolute Gasteiger partial charge is 0.123 e. The molecule has 0 heterocycles. The Bertz CT molecular complexity index is 578. The summed E-state index contributed by atoms with van der Waals surface area (Å²) in [6.45, 7) is 3.45. The second kappa shape index (κ2) is 4.71. The van der Waals surface area contributed by atoms with Gasteiger partial charge >= 0.3 is 0 Å². The van der Waals surface area contributed by atoms with Crippen molar-refractivity contribution in [3.05, 3.63) is 70.0 Å². The molecular formula is C15H14ClFO. The molecule has 0 aliphatic carbocycles. The third-order valence-electron chi connectivity index (χ3n) is 3.10. The molecule has 0 aliphatic rings. The Morgan fingerprint density at radius 1 is 1.17 bits per heavy atom. The molecule has 2 rings (SSSR count). The first-order valence-corrected chi connectivity index (χ1v) is 6.04. The Balaban J connectivity index is 2.53. The zero-order valence-electron chi connectivity index (χ0n) is 10.2. The van der Waals surface area contributed by atoms with Gasteiger partial charge in [-0.1, -0.05) is 29.8 Å². The van der Waals surface area contributed by atoms with Gasteiger partial charge < -0.3 is 5.11 Å². The van der Waals surface area contributed by atoms with Gasteiger partial charge in [0.05, 0.1) is 0 Å². The van der Waals surface area contributed by atoms with Crippen molar-refractivity contribution in [1.29, 1.82) is 0 Å². The molecular weight excluding hydrogens is 251 g/mol. The molecule has 2 aromatic rings. The highest BCUT2D eigenvalue weighted by Crippen LogP contribution is 2.32. The quantitative estimate of drug-likeness (QED) is 0.868. The minimum atomic E-state index is -1.19. The molecule has 3 heteroatoms. The Kier molecular flexibility index (Phi) is 3.42. The molecule has 18 heavy (non-hydrogen) atoms. The molecule has 0 fully saturated rings. The van der Waals surface area contributed by atoms with Crippen LogP contribution in [0.3, 0.4) is 0 Å². The van der Waals surface area contributed by atoms with Crippen molar-refractivity contribution in [2.75, 3.05) is 0 Å². The summed E-state index contributed by atoms with van der Waals surface area (Å²) in [5.74, 6) is -0.307. The van der Waals surface area contributed by atoms with Crippen LogP contribution in [-0.4, -0.2) is 5.11 Å². The summed E-state index contributed by atoms with van der Waals surface area (Å²) in [4.78, 5) is 0. The van der Waals surface area contributed by atoms with Crippen LogP contribution < -0.4 is 0 Å². The third-order valence-corrected chi connectivity index (χ3v) is 3.33. The van der Waals surface area contributed by atoms with E-state index in [9.17, 15) is 9.50 Å². The molecule has 1 unspecified atom stereocenters. The van der Waals surface area contributed by atoms with Gasteiger partial charge in [0, 0.05) is 5.02 Å². The summed E-state index contributed by atoms with van der Waals surface area (Å²) in [5, 5.41) is 11.2. The lowest BCUT2D eigenvalue weighted by Crippen LogP contribution is -2.24. The van der Waals surface area contributed by atoms with Crippen LogP contribution in [0.1, 0.15) is 23.6 Å². The fourth-order valence-corrected chi connectivity index (χ4v) is 2.31. The molecule has 0 saturated carbocycles. The molecule has 0 radical (unpaired) electrons. The summed E-state index contributed by atoms with van der Waals surface area (Å²) in [6.07, 6.45) is 0. The first kappa shape index (κ1) is 13.1. The van der Waals surface area contributed by atoms with E-state index >= 15 is 0 Å². The molecule has 0 saturated heterocycles. The van der Waals surface area contributed by atoms with Crippen LogP contribution in [-0.2, 0) is 5.60 Å². The van der Waals surface area contributed by atoms with Crippen molar-refractivity contribution in [2.24, 2.45) is 0 Å². The van der Waals surface area contributed by atoms with Crippen LogP contribution in [0.15, 0.2) is 42.5 Å². The Hall–Kier alpha value is -1.38. The lowest BCUT2D eigenvalue weighted by Gasteiger charge is -2.26. The number of benzene rings is 2. The lowest BCUT2D eigenvalue weighted by molar-refractivity contribution is 0.101. The summed E-state index contributed by atoms with van der Waals surface area (Å²) in [6, 6.07) is 11.4. The van der Waals surface area contributed by atoms with Crippen molar-refractivity contribution in [1.82, 2.24) is 0 Å². The number of halogens is 2. The van der Waals surface area contributed by atoms with Gasteiger partial charge in [-0.15, -0.1) is 0 Å². The molecule has 2 aromatic carbocycles. The minimum absolute atomic E-state index is 0.307. The molecule has 0 amide bonds. The predicted molar refractivity (Wildman–Crippen MR) is 71.3 cm³/mol. The third kappa shape index (κ3) is 2.40. The van der Waals surface area contributed by atoms with Gasteiger partial charge in [-0.3, -0.25) is 0 Å². The SMILES string of the molecule is Cc1cc(F)ccc1C(C)(O)c1cccc(Cl)c1. The van der Waals surface area contributed by atoms with E-state index in [0.29, 0.717) is 21.7 Å². The van der Waals surface area contributed by atoms with Gasteiger partial charge in [0.1, 0.15) is 11.4 Å². The average molecular weight is 265 g/mol. The largest absolute Gasteiger partial charge is 0.381 e. The average Bonchev–Trinajstić information content (AvgIpc) is 2.28. The standard InChI is InChI=1S/C15H14ClFO/c1-10-8-13(17)6-7-14(10)15(2,18)11-4-3-5-12(16)9-11/h3-9,18H,1-2H3. The summed E-state index contributed by atoms with van der Waals surface area (Å²) in [7, 11) is 0. The fraction of sp³-hybridized carbons (Fsp3) is 0.200. The van der Waals surface area contributed by atoms with Gasteiger partial charge in [-0.25, -0.2) is 4.39 Å². The monoisotopic (exact) mass is 264 g/mol. The predicted octanol–water partition coefficient (Wildman–Crippen LogP) is 4.04. The van der Waals surface area contributed by atoms with E-state index in [4.69, 9.17) is 11.6 Å². The Morgan fingerprint density at radius 2 is 1.89 bits per heavy atom. The summed E-state index contributed by atoms with van der Waals surface area (Å²) in [5.41, 5.74) is 0.874. The van der Waals surface area contributed by atoms with Crippen molar-refractivity contribution < 1.29 is 9.50 Å². The van der Waals surface area contributed by atoms with Crippen LogP contribution in [0.2, 0.25) is 5.02 Å². The van der Waals surface area contributed by atoms with E-state index in [0.717, 1.165) is 0 Å². The van der Waals surface area contributed by atoms with E-state index in [-0.39, 0.29) is 5.82 Å². The second-order valence-corrected chi connectivity index (χ2v) is 4.98. The Labute approximate surface area is 111 Å². The van der Waals surface area contributed by atoms with Gasteiger partial charge in [-0.05, 0) is 54.8 Å². The molecule has 1 N–H and O–H groups in total. The lowest BCUT2D eigenvalue weighted by atomic mass is 9.85. The van der Waals surface area contributed by atoms with Crippen LogP contribution >= 0.6 is 11.6 Å². The second-order valence-electron chi connectivity index (χ2n) is 4.54. The van der Waals surface area contributed by atoms with Gasteiger partial charge in [0.15, 0.2) is 0 Å². The molecule has 0 bridgehead atoms. The molecule has 0 spiro atoms. The maximum Gasteiger partial charge on any atom is 0.123 e. The topological polar surface area (TPSA) is 20.2 Å². The first-order chi connectivity index (χ1) is 8.41. The van der Waals surface area contributed by atoms with E-state index in [1.54, 1.807) is 44.2 Å². The first-order valence-electron chi connectivity index (χ1n) is 5.66. The molecule has 94 valence electrons. The van der Waals surface area contributed by atoms with Crippen molar-refractivity contribution in [3.63, 3.8) is 0 Å². The van der Waals surface area contributed by atoms with Crippen LogP contribution in [0, 0.1) is 12.7 Å². The van der Waals surface area contributed by atoms with E-state index in [1.165, 1.54) is 12.1 Å². The van der Waals surface area contributed by atoms with Gasteiger partial charge in [-0.2, -0.15) is 0 Å². The maximum atomic E-state index is 13.1. The van der Waals surface area contributed by atoms with Gasteiger partial charge in [0.2, 0.25) is 0 Å². The summed E-state index contributed by atoms with van der Waals surface area (Å²) >= 11 is 5.93. The highest BCUT2D eigenvalue weighted by Gasteiger charge is 2.27. The number of hydrogen-bond acceptors (Lipinski definition) is 1. The zero-order valence-corrected chi connectivity index (χ0v) is 11.0. The van der Waals surface area contributed by atoms with Crippen molar-refractivity contribution >= 4 is 11.6 Å². The maximum absolute atomic E-state index is 13.1. The number of hydrogen-bond donors (Lipinski definition) is 1. The van der Waals surface area contributed by atoms with E-state index < -0.39 is 5.60 Å². The van der Waals surface area contributed by atoms with Crippen LogP contribution in [0.25, 0.3) is 0 Å². The Morgan fingerprint density at radius 3 is 2.50 bits per heavy atom. The molecule has 1 nitrogen and oxygen atoms in total. The molecule has 1 atom stereocenters. The summed E-state index contributed by atoms with van der Waals surface area (Å²) < 4.78 is 13.1. The van der Waals surface area contributed by atoms with Crippen LogP contribution in [0.4, 0.5) is 4.39 Å². The van der Waals surface area contributed by atoms with Gasteiger partial charge in [0.25, 0.3) is 0 Å².